The lowest BCUT2D eigenvalue weighted by molar-refractivity contribution is -1.06. The number of hydroxylamine groups is 2. The molecule has 1 fully saturated rings. The predicted octanol–water partition coefficient (Wildman–Crippen LogP) is -1.13. The second-order valence-corrected chi connectivity index (χ2v) is 1.70. The molecule has 42 valence electrons. The average Bonchev–Trinajstić information content (AvgIpc) is 2.17. The highest BCUT2D eigenvalue weighted by Gasteiger charge is 2.44. The molecule has 0 aromatic heterocycles. The first-order valence-corrected chi connectivity index (χ1v) is 2.08. The molecule has 0 heterocycles. The van der Waals surface area contributed by atoms with Crippen LogP contribution in [-0.2, 0) is 0 Å². The summed E-state index contributed by atoms with van der Waals surface area (Å²) >= 11 is 0. The molecule has 0 aromatic carbocycles. The largest absolute Gasteiger partial charge is 0.600 e. The van der Waals surface area contributed by atoms with E-state index < -0.39 is 17.4 Å². The molecule has 1 saturated carbocycles. The van der Waals surface area contributed by atoms with Crippen LogP contribution in [0.15, 0.2) is 0 Å². The zero-order chi connectivity index (χ0) is 5.44. The van der Waals surface area contributed by atoms with E-state index in [9.17, 15) is 9.60 Å². The Labute approximate surface area is 39.9 Å². The Morgan fingerprint density at radius 2 is 2.29 bits per heavy atom. The van der Waals surface area contributed by atoms with Gasteiger partial charge in [-0.05, 0) is 0 Å². The quantitative estimate of drug-likeness (QED) is 0.416. The molecule has 1 unspecified atom stereocenters. The lowest BCUT2D eigenvalue weighted by Crippen LogP contribution is -3.06. The summed E-state index contributed by atoms with van der Waals surface area (Å²) in [7, 11) is 0. The van der Waals surface area contributed by atoms with E-state index in [1.165, 1.54) is 0 Å². The van der Waals surface area contributed by atoms with Crippen molar-refractivity contribution in [2.75, 3.05) is 0 Å². The van der Waals surface area contributed by atoms with Crippen LogP contribution in [0.2, 0.25) is 0 Å². The lowest BCUT2D eigenvalue weighted by atomic mass is 10.7. The third kappa shape index (κ3) is 0.876. The van der Waals surface area contributed by atoms with Crippen molar-refractivity contribution >= 4 is 0 Å². The van der Waals surface area contributed by atoms with Crippen LogP contribution >= 0.6 is 0 Å². The van der Waals surface area contributed by atoms with Crippen LogP contribution in [0, 0.1) is 5.21 Å². The van der Waals surface area contributed by atoms with Crippen molar-refractivity contribution in [2.24, 2.45) is 0 Å². The van der Waals surface area contributed by atoms with E-state index in [1.54, 1.807) is 0 Å². The molecule has 0 radical (unpaired) electrons. The first kappa shape index (κ1) is 4.96. The van der Waals surface area contributed by atoms with Crippen LogP contribution in [0.3, 0.4) is 0 Å². The SMILES string of the molecule is [O-][NH+](O)[C@H]1C[C@H]1F. The Kier molecular flexibility index (Phi) is 0.989. The number of hydrogen-bond acceptors (Lipinski definition) is 2. The molecule has 1 aliphatic carbocycles. The fraction of sp³-hybridized carbons (Fsp3) is 1.00. The van der Waals surface area contributed by atoms with Gasteiger partial charge < -0.3 is 5.21 Å². The summed E-state index contributed by atoms with van der Waals surface area (Å²) < 4.78 is 11.6. The smallest absolute Gasteiger partial charge is 0.161 e. The third-order valence-electron chi connectivity index (χ3n) is 1.03. The highest BCUT2D eigenvalue weighted by molar-refractivity contribution is 4.85. The molecule has 3 atom stereocenters. The molecule has 7 heavy (non-hydrogen) atoms. The molecule has 1 aliphatic rings. The Morgan fingerprint density at radius 3 is 2.29 bits per heavy atom. The zero-order valence-electron chi connectivity index (χ0n) is 3.60. The maximum Gasteiger partial charge on any atom is 0.161 e. The highest BCUT2D eigenvalue weighted by atomic mass is 19.1. The number of rotatable bonds is 1. The number of quaternary nitrogens is 1. The summed E-state index contributed by atoms with van der Waals surface area (Å²) in [6.45, 7) is 0. The first-order valence-electron chi connectivity index (χ1n) is 2.08. The van der Waals surface area contributed by atoms with Crippen LogP contribution in [0.4, 0.5) is 4.39 Å². The fourth-order valence-electron chi connectivity index (χ4n) is 0.420. The van der Waals surface area contributed by atoms with Gasteiger partial charge in [0.1, 0.15) is 0 Å². The summed E-state index contributed by atoms with van der Waals surface area (Å²) in [4.78, 5) is 0. The van der Waals surface area contributed by atoms with Gasteiger partial charge >= 0.3 is 0 Å². The van der Waals surface area contributed by atoms with Gasteiger partial charge in [0.2, 0.25) is 0 Å². The van der Waals surface area contributed by atoms with E-state index in [1.807, 2.05) is 0 Å². The minimum atomic E-state index is -1.06. The normalized spacial score (nSPS) is 43.3. The van der Waals surface area contributed by atoms with Crippen molar-refractivity contribution in [3.63, 3.8) is 0 Å². The van der Waals surface area contributed by atoms with Gasteiger partial charge in [-0.2, -0.15) is 0 Å². The van der Waals surface area contributed by atoms with Crippen LogP contribution in [0.5, 0.6) is 0 Å². The number of nitrogens with one attached hydrogen (secondary N) is 1. The molecule has 0 aliphatic heterocycles. The number of hydrogen-bond donors (Lipinski definition) is 2. The van der Waals surface area contributed by atoms with Gasteiger partial charge in [0, 0.05) is 6.42 Å². The van der Waals surface area contributed by atoms with E-state index in [0.29, 0.717) is 0 Å². The molecule has 0 amide bonds. The van der Waals surface area contributed by atoms with E-state index >= 15 is 0 Å². The van der Waals surface area contributed by atoms with Gasteiger partial charge in [0.15, 0.2) is 12.2 Å². The maximum absolute atomic E-state index is 11.6. The molecule has 1 rings (SSSR count). The molecule has 0 saturated heterocycles. The topological polar surface area (TPSA) is 47.7 Å². The zero-order valence-corrected chi connectivity index (χ0v) is 3.60. The number of alkyl halides is 1. The second-order valence-electron chi connectivity index (χ2n) is 1.70. The van der Waals surface area contributed by atoms with Gasteiger partial charge in [0.05, 0.1) is 0 Å². The summed E-state index contributed by atoms with van der Waals surface area (Å²) in [5, 5.41) is 16.7. The Morgan fingerprint density at radius 1 is 1.86 bits per heavy atom. The monoisotopic (exact) mass is 107 g/mol. The third-order valence-corrected chi connectivity index (χ3v) is 1.03. The van der Waals surface area contributed by atoms with Crippen molar-refractivity contribution in [3.8, 4) is 0 Å². The molecule has 0 aromatic rings. The van der Waals surface area contributed by atoms with Crippen molar-refractivity contribution in [1.29, 1.82) is 0 Å². The van der Waals surface area contributed by atoms with Crippen molar-refractivity contribution in [2.45, 2.75) is 18.6 Å². The minimum absolute atomic E-state index is 0.218. The Bertz CT molecular complexity index is 77.3. The van der Waals surface area contributed by atoms with E-state index in [-0.39, 0.29) is 6.42 Å². The Hall–Kier alpha value is -0.190. The van der Waals surface area contributed by atoms with Crippen molar-refractivity contribution < 1.29 is 14.8 Å². The number of halogens is 1. The molecule has 4 heteroatoms. The summed E-state index contributed by atoms with van der Waals surface area (Å²) in [6, 6.07) is -0.681. The molecular weight excluding hydrogens is 101 g/mol. The van der Waals surface area contributed by atoms with Crippen LogP contribution in [0.25, 0.3) is 0 Å². The first-order chi connectivity index (χ1) is 3.22. The van der Waals surface area contributed by atoms with E-state index in [0.717, 1.165) is 0 Å². The van der Waals surface area contributed by atoms with Gasteiger partial charge in [-0.15, -0.1) is 0 Å². The fourth-order valence-corrected chi connectivity index (χ4v) is 0.420. The molecule has 0 bridgehead atoms. The van der Waals surface area contributed by atoms with Crippen molar-refractivity contribution in [1.82, 2.24) is 0 Å². The standard InChI is InChI=1S/C3H6FNO2/c4-2-1-3(2)5(6)7/h2-3,5-6H,1H2/t2-,3+/m1/s1. The minimum Gasteiger partial charge on any atom is -0.600 e. The van der Waals surface area contributed by atoms with Crippen LogP contribution < -0.4 is 5.23 Å². The van der Waals surface area contributed by atoms with Gasteiger partial charge in [-0.1, -0.05) is 0 Å². The highest BCUT2D eigenvalue weighted by Crippen LogP contribution is 2.21. The molecule has 2 N–H and O–H groups in total. The second kappa shape index (κ2) is 1.40. The van der Waals surface area contributed by atoms with Crippen LogP contribution in [0.1, 0.15) is 6.42 Å². The molecule has 0 spiro atoms. The van der Waals surface area contributed by atoms with E-state index in [4.69, 9.17) is 5.21 Å². The maximum atomic E-state index is 11.6. The van der Waals surface area contributed by atoms with Gasteiger partial charge in [-0.3, -0.25) is 0 Å². The Balaban J connectivity index is 2.20. The van der Waals surface area contributed by atoms with Crippen molar-refractivity contribution in [3.05, 3.63) is 5.21 Å². The lowest BCUT2D eigenvalue weighted by Gasteiger charge is -2.08. The summed E-state index contributed by atoms with van der Waals surface area (Å²) in [6.07, 6.45) is -0.840. The van der Waals surface area contributed by atoms with E-state index in [2.05, 4.69) is 0 Å². The molecular formula is C3H6FNO2. The van der Waals surface area contributed by atoms with Gasteiger partial charge in [0.25, 0.3) is 0 Å². The van der Waals surface area contributed by atoms with Crippen LogP contribution in [-0.4, -0.2) is 17.4 Å². The van der Waals surface area contributed by atoms with Gasteiger partial charge in [-0.25, -0.2) is 14.8 Å². The summed E-state index contributed by atoms with van der Waals surface area (Å²) in [5.41, 5.74) is 0. The predicted molar refractivity (Wildman–Crippen MR) is 19.4 cm³/mol. The average molecular weight is 107 g/mol. The molecule has 3 nitrogen and oxygen atoms in total. The summed E-state index contributed by atoms with van der Waals surface area (Å²) in [5.74, 6) is 0.